The van der Waals surface area contributed by atoms with Crippen LogP contribution in [-0.4, -0.2) is 29.8 Å². The van der Waals surface area contributed by atoms with Gasteiger partial charge in [-0.15, -0.1) is 0 Å². The summed E-state index contributed by atoms with van der Waals surface area (Å²) in [5.74, 6) is 0. The minimum atomic E-state index is 0.122. The number of hydrogen-bond donors (Lipinski definition) is 2. The van der Waals surface area contributed by atoms with Crippen molar-refractivity contribution in [3.05, 3.63) is 0 Å². The molecule has 0 fully saturated rings. The topological polar surface area (TPSA) is 61.8 Å². The molecule has 0 bridgehead atoms. The molecule has 4 nitrogen and oxygen atoms in total. The lowest BCUT2D eigenvalue weighted by molar-refractivity contribution is -0.0857. The van der Waals surface area contributed by atoms with Gasteiger partial charge in [-0.3, -0.25) is 4.99 Å². The zero-order valence-electron chi connectivity index (χ0n) is 4.91. The van der Waals surface area contributed by atoms with Gasteiger partial charge in [-0.1, -0.05) is 0 Å². The van der Waals surface area contributed by atoms with Crippen molar-refractivity contribution in [2.24, 2.45) is 10.7 Å². The fourth-order valence-corrected chi connectivity index (χ4v) is 0.234. The van der Waals surface area contributed by atoms with E-state index in [1.54, 1.807) is 13.1 Å². The third-order valence-electron chi connectivity index (χ3n) is 0.638. The van der Waals surface area contributed by atoms with Gasteiger partial charge in [-0.25, -0.2) is 0 Å². The smallest absolute Gasteiger partial charge is 0.115 e. The number of nitrogens with zero attached hydrogens (tertiary/aromatic N) is 2. The van der Waals surface area contributed by atoms with Gasteiger partial charge in [0.2, 0.25) is 0 Å². The number of hydroxylamine groups is 2. The van der Waals surface area contributed by atoms with Gasteiger partial charge in [-0.05, 0) is 13.1 Å². The van der Waals surface area contributed by atoms with Crippen molar-refractivity contribution in [2.45, 2.75) is 6.92 Å². The minimum Gasteiger partial charge on any atom is -0.316 e. The van der Waals surface area contributed by atoms with Crippen molar-refractivity contribution in [3.63, 3.8) is 0 Å². The van der Waals surface area contributed by atoms with E-state index in [4.69, 9.17) is 10.9 Å². The zero-order chi connectivity index (χ0) is 6.41. The van der Waals surface area contributed by atoms with Crippen LogP contribution in [0, 0.1) is 0 Å². The first-order chi connectivity index (χ1) is 3.81. The highest BCUT2D eigenvalue weighted by Gasteiger charge is 1.88. The Bertz CT molecular complexity index is 73.7. The van der Waals surface area contributed by atoms with E-state index in [1.807, 2.05) is 0 Å². The molecule has 0 saturated heterocycles. The first-order valence-corrected chi connectivity index (χ1v) is 2.39. The summed E-state index contributed by atoms with van der Waals surface area (Å²) in [4.78, 5) is 3.71. The second-order valence-electron chi connectivity index (χ2n) is 1.27. The molecular weight excluding hydrogens is 106 g/mol. The fourth-order valence-electron chi connectivity index (χ4n) is 0.234. The highest BCUT2D eigenvalue weighted by molar-refractivity contribution is 5.52. The van der Waals surface area contributed by atoms with Crippen LogP contribution in [0.25, 0.3) is 0 Å². The van der Waals surface area contributed by atoms with Crippen LogP contribution in [0.2, 0.25) is 0 Å². The average Bonchev–Trinajstić information content (AvgIpc) is 1.83. The Morgan fingerprint density at radius 3 is 2.88 bits per heavy atom. The van der Waals surface area contributed by atoms with Crippen LogP contribution in [0.1, 0.15) is 6.92 Å². The molecule has 0 rings (SSSR count). The highest BCUT2D eigenvalue weighted by Crippen LogP contribution is 1.73. The predicted octanol–water partition coefficient (Wildman–Crippen LogP) is -0.358. The second kappa shape index (κ2) is 4.70. The largest absolute Gasteiger partial charge is 0.316 e. The van der Waals surface area contributed by atoms with Crippen molar-refractivity contribution in [3.8, 4) is 0 Å². The van der Waals surface area contributed by atoms with Gasteiger partial charge in [0.05, 0.1) is 6.67 Å². The number of nitrogens with two attached hydrogens (primary N) is 1. The summed E-state index contributed by atoms with van der Waals surface area (Å²) in [5, 5.41) is 9.50. The Labute approximate surface area is 48.6 Å². The van der Waals surface area contributed by atoms with Gasteiger partial charge in [-0.2, -0.15) is 5.06 Å². The lowest BCUT2D eigenvalue weighted by atomic mass is 10.8. The Morgan fingerprint density at radius 1 is 1.88 bits per heavy atom. The minimum absolute atomic E-state index is 0.122. The van der Waals surface area contributed by atoms with Gasteiger partial charge >= 0.3 is 0 Å². The molecule has 0 amide bonds. The molecule has 0 spiro atoms. The average molecular weight is 117 g/mol. The summed E-state index contributed by atoms with van der Waals surface area (Å²) >= 11 is 0. The van der Waals surface area contributed by atoms with E-state index in [9.17, 15) is 0 Å². The summed E-state index contributed by atoms with van der Waals surface area (Å²) in [6.45, 7) is 2.16. The number of rotatable bonds is 3. The van der Waals surface area contributed by atoms with Gasteiger partial charge in [0.15, 0.2) is 0 Å². The molecule has 0 aromatic heterocycles. The van der Waals surface area contributed by atoms with Gasteiger partial charge in [0, 0.05) is 0 Å². The summed E-state index contributed by atoms with van der Waals surface area (Å²) in [5.41, 5.74) is 5.01. The molecule has 8 heavy (non-hydrogen) atoms. The van der Waals surface area contributed by atoms with Crippen LogP contribution in [0.5, 0.6) is 0 Å². The second-order valence-corrected chi connectivity index (χ2v) is 1.27. The normalized spacial score (nSPS) is 11.5. The molecular formula is C4H11N3O. The molecule has 0 aliphatic heterocycles. The Hall–Kier alpha value is -0.450. The van der Waals surface area contributed by atoms with Crippen molar-refractivity contribution >= 4 is 6.21 Å². The summed E-state index contributed by atoms with van der Waals surface area (Å²) < 4.78 is 0. The van der Waals surface area contributed by atoms with Gasteiger partial charge in [0.1, 0.15) is 6.67 Å². The van der Waals surface area contributed by atoms with Crippen LogP contribution in [-0.2, 0) is 0 Å². The maximum atomic E-state index is 8.58. The molecule has 0 aromatic rings. The monoisotopic (exact) mass is 117 g/mol. The van der Waals surface area contributed by atoms with Crippen molar-refractivity contribution in [1.29, 1.82) is 0 Å². The Morgan fingerprint density at radius 2 is 2.50 bits per heavy atom. The predicted molar refractivity (Wildman–Crippen MR) is 31.7 cm³/mol. The highest BCUT2D eigenvalue weighted by atomic mass is 16.5. The van der Waals surface area contributed by atoms with Crippen molar-refractivity contribution < 1.29 is 5.21 Å². The van der Waals surface area contributed by atoms with Crippen LogP contribution in [0.4, 0.5) is 0 Å². The van der Waals surface area contributed by atoms with E-state index in [-0.39, 0.29) is 13.3 Å². The van der Waals surface area contributed by atoms with Crippen LogP contribution in [0.15, 0.2) is 4.99 Å². The van der Waals surface area contributed by atoms with E-state index < -0.39 is 0 Å². The van der Waals surface area contributed by atoms with Crippen LogP contribution >= 0.6 is 0 Å². The van der Waals surface area contributed by atoms with E-state index >= 15 is 0 Å². The standard InChI is InChI=1S/C4H11N3O/c1-2-6-4-7(8)3-5/h2,8H,3-5H2,1H3. The third-order valence-corrected chi connectivity index (χ3v) is 0.638. The lowest BCUT2D eigenvalue weighted by Crippen LogP contribution is -2.26. The fraction of sp³-hybridized carbons (Fsp3) is 0.750. The van der Waals surface area contributed by atoms with Crippen LogP contribution < -0.4 is 5.73 Å². The van der Waals surface area contributed by atoms with E-state index in [1.165, 1.54) is 0 Å². The van der Waals surface area contributed by atoms with E-state index in [0.717, 1.165) is 5.06 Å². The maximum absolute atomic E-state index is 8.58. The lowest BCUT2D eigenvalue weighted by Gasteiger charge is -2.05. The number of hydrogen-bond acceptors (Lipinski definition) is 4. The Kier molecular flexibility index (Phi) is 4.44. The molecule has 0 aliphatic rings. The van der Waals surface area contributed by atoms with Crippen molar-refractivity contribution in [2.75, 3.05) is 13.3 Å². The van der Waals surface area contributed by atoms with Crippen molar-refractivity contribution in [1.82, 2.24) is 5.06 Å². The molecule has 0 saturated carbocycles. The van der Waals surface area contributed by atoms with Gasteiger partial charge in [0.25, 0.3) is 0 Å². The Balaban J connectivity index is 3.10. The molecule has 0 radical (unpaired) electrons. The quantitative estimate of drug-likeness (QED) is 0.301. The zero-order valence-corrected chi connectivity index (χ0v) is 4.91. The third kappa shape index (κ3) is 3.73. The molecule has 0 heterocycles. The molecule has 0 aliphatic carbocycles. The maximum Gasteiger partial charge on any atom is 0.115 e. The number of aliphatic imine (C=N–C) groups is 1. The SMILES string of the molecule is CC=NCN(O)CN. The summed E-state index contributed by atoms with van der Waals surface area (Å²) in [6.07, 6.45) is 1.61. The van der Waals surface area contributed by atoms with E-state index in [0.29, 0.717) is 0 Å². The molecule has 0 atom stereocenters. The first kappa shape index (κ1) is 7.55. The van der Waals surface area contributed by atoms with Crippen LogP contribution in [0.3, 0.4) is 0 Å². The van der Waals surface area contributed by atoms with E-state index in [2.05, 4.69) is 4.99 Å². The molecule has 0 unspecified atom stereocenters. The summed E-state index contributed by atoms with van der Waals surface area (Å²) in [7, 11) is 0. The molecule has 4 heteroatoms. The van der Waals surface area contributed by atoms with Gasteiger partial charge < -0.3 is 10.9 Å². The molecule has 3 N–H and O–H groups in total. The summed E-state index contributed by atoms with van der Waals surface area (Å²) in [6, 6.07) is 0. The molecule has 0 aromatic carbocycles. The first-order valence-electron chi connectivity index (χ1n) is 2.39. The molecule has 48 valence electrons.